The molecule has 4 heteroatoms. The molecule has 0 bridgehead atoms. The van der Waals surface area contributed by atoms with E-state index in [4.69, 9.17) is 10.8 Å². The maximum Gasteiger partial charge on any atom is 0.220 e. The fourth-order valence-corrected chi connectivity index (χ4v) is 2.17. The fourth-order valence-electron chi connectivity index (χ4n) is 2.17. The molecule has 0 spiro atoms. The lowest BCUT2D eigenvalue weighted by atomic mass is 9.93. The summed E-state index contributed by atoms with van der Waals surface area (Å²) in [6, 6.07) is 0.0555. The highest BCUT2D eigenvalue weighted by molar-refractivity contribution is 5.76. The Kier molecular flexibility index (Phi) is 9.02. The Morgan fingerprint density at radius 1 is 1.28 bits per heavy atom. The molecule has 0 saturated carbocycles. The van der Waals surface area contributed by atoms with Crippen molar-refractivity contribution in [2.75, 3.05) is 13.2 Å². The molecule has 108 valence electrons. The van der Waals surface area contributed by atoms with E-state index in [9.17, 15) is 4.79 Å². The maximum atomic E-state index is 11.9. The Balaban J connectivity index is 4.20. The van der Waals surface area contributed by atoms with Crippen LogP contribution in [-0.4, -0.2) is 30.2 Å². The molecule has 0 aromatic carbocycles. The summed E-state index contributed by atoms with van der Waals surface area (Å²) >= 11 is 0. The standard InChI is InChI=1S/C14H30N2O2/c1-10(2)7-12(9-15)8-14(18)16-13(5-6-17)11(3)4/h10-13,17H,5-9,15H2,1-4H3,(H,16,18)/t12-,13?/m0/s1. The van der Waals surface area contributed by atoms with Gasteiger partial charge >= 0.3 is 0 Å². The molecule has 0 aliphatic rings. The lowest BCUT2D eigenvalue weighted by Crippen LogP contribution is -2.40. The Morgan fingerprint density at radius 3 is 2.28 bits per heavy atom. The molecule has 0 rings (SSSR count). The van der Waals surface area contributed by atoms with Gasteiger partial charge in [0.25, 0.3) is 0 Å². The molecule has 1 amide bonds. The van der Waals surface area contributed by atoms with Crippen molar-refractivity contribution < 1.29 is 9.90 Å². The minimum absolute atomic E-state index is 0.0539. The molecule has 0 aliphatic carbocycles. The summed E-state index contributed by atoms with van der Waals surface area (Å²) in [6.07, 6.45) is 2.08. The van der Waals surface area contributed by atoms with Crippen LogP contribution in [-0.2, 0) is 4.79 Å². The number of aliphatic hydroxyl groups excluding tert-OH is 1. The second-order valence-electron chi connectivity index (χ2n) is 5.87. The molecule has 4 N–H and O–H groups in total. The van der Waals surface area contributed by atoms with Gasteiger partial charge in [0.2, 0.25) is 5.91 Å². The van der Waals surface area contributed by atoms with Crippen LogP contribution in [0.1, 0.15) is 47.0 Å². The first-order chi connectivity index (χ1) is 8.40. The normalized spacial score (nSPS) is 14.9. The zero-order chi connectivity index (χ0) is 14.1. The molecule has 0 heterocycles. The van der Waals surface area contributed by atoms with Crippen molar-refractivity contribution in [3.63, 3.8) is 0 Å². The first kappa shape index (κ1) is 17.4. The monoisotopic (exact) mass is 258 g/mol. The molecule has 0 fully saturated rings. The maximum absolute atomic E-state index is 11.9. The van der Waals surface area contributed by atoms with E-state index in [1.54, 1.807) is 0 Å². The number of carbonyl (C=O) groups is 1. The van der Waals surface area contributed by atoms with Gasteiger partial charge < -0.3 is 16.2 Å². The minimum atomic E-state index is 0.0539. The summed E-state index contributed by atoms with van der Waals surface area (Å²) in [6.45, 7) is 9.05. The molecular weight excluding hydrogens is 228 g/mol. The van der Waals surface area contributed by atoms with Crippen molar-refractivity contribution >= 4 is 5.91 Å². The summed E-state index contributed by atoms with van der Waals surface area (Å²) in [7, 11) is 0. The van der Waals surface area contributed by atoms with E-state index in [1.165, 1.54) is 0 Å². The van der Waals surface area contributed by atoms with E-state index in [-0.39, 0.29) is 24.5 Å². The van der Waals surface area contributed by atoms with E-state index < -0.39 is 0 Å². The number of carbonyl (C=O) groups excluding carboxylic acids is 1. The lowest BCUT2D eigenvalue weighted by molar-refractivity contribution is -0.123. The largest absolute Gasteiger partial charge is 0.396 e. The Labute approximate surface area is 111 Å². The summed E-state index contributed by atoms with van der Waals surface area (Å²) in [5, 5.41) is 12.0. The number of hydrogen-bond acceptors (Lipinski definition) is 3. The number of nitrogens with two attached hydrogens (primary N) is 1. The molecule has 4 nitrogen and oxygen atoms in total. The van der Waals surface area contributed by atoms with Gasteiger partial charge in [-0.1, -0.05) is 27.7 Å². The molecule has 0 radical (unpaired) electrons. The number of nitrogens with one attached hydrogen (secondary N) is 1. The Bertz CT molecular complexity index is 230. The summed E-state index contributed by atoms with van der Waals surface area (Å²) in [4.78, 5) is 11.9. The molecule has 2 atom stereocenters. The molecule has 1 unspecified atom stereocenters. The van der Waals surface area contributed by atoms with E-state index >= 15 is 0 Å². The number of amides is 1. The average molecular weight is 258 g/mol. The van der Waals surface area contributed by atoms with Gasteiger partial charge in [-0.15, -0.1) is 0 Å². The topological polar surface area (TPSA) is 75.4 Å². The van der Waals surface area contributed by atoms with E-state index in [0.717, 1.165) is 6.42 Å². The zero-order valence-electron chi connectivity index (χ0n) is 12.3. The van der Waals surface area contributed by atoms with Crippen molar-refractivity contribution in [3.8, 4) is 0 Å². The van der Waals surface area contributed by atoms with Crippen molar-refractivity contribution in [3.05, 3.63) is 0 Å². The minimum Gasteiger partial charge on any atom is -0.396 e. The smallest absolute Gasteiger partial charge is 0.220 e. The first-order valence-corrected chi connectivity index (χ1v) is 7.00. The highest BCUT2D eigenvalue weighted by Gasteiger charge is 2.18. The lowest BCUT2D eigenvalue weighted by Gasteiger charge is -2.23. The van der Waals surface area contributed by atoms with E-state index in [0.29, 0.717) is 31.2 Å². The predicted octanol–water partition coefficient (Wildman–Crippen LogP) is 1.52. The third kappa shape index (κ3) is 7.67. The number of aliphatic hydroxyl groups is 1. The quantitative estimate of drug-likeness (QED) is 0.587. The third-order valence-corrected chi connectivity index (χ3v) is 3.20. The van der Waals surface area contributed by atoms with Gasteiger partial charge in [0.15, 0.2) is 0 Å². The molecule has 18 heavy (non-hydrogen) atoms. The molecule has 0 aliphatic heterocycles. The fraction of sp³-hybridized carbons (Fsp3) is 0.929. The van der Waals surface area contributed by atoms with Gasteiger partial charge in [-0.3, -0.25) is 4.79 Å². The highest BCUT2D eigenvalue weighted by atomic mass is 16.3. The van der Waals surface area contributed by atoms with E-state index in [2.05, 4.69) is 33.0 Å². The van der Waals surface area contributed by atoms with Crippen LogP contribution < -0.4 is 11.1 Å². The third-order valence-electron chi connectivity index (χ3n) is 3.20. The SMILES string of the molecule is CC(C)C[C@H](CN)CC(=O)NC(CCO)C(C)C. The van der Waals surface area contributed by atoms with Gasteiger partial charge in [-0.2, -0.15) is 0 Å². The van der Waals surface area contributed by atoms with Crippen LogP contribution in [0, 0.1) is 17.8 Å². The van der Waals surface area contributed by atoms with Crippen LogP contribution in [0.5, 0.6) is 0 Å². The first-order valence-electron chi connectivity index (χ1n) is 7.00. The van der Waals surface area contributed by atoms with Crippen LogP contribution in [0.4, 0.5) is 0 Å². The summed E-state index contributed by atoms with van der Waals surface area (Å²) < 4.78 is 0. The van der Waals surface area contributed by atoms with Crippen molar-refractivity contribution in [1.29, 1.82) is 0 Å². The zero-order valence-corrected chi connectivity index (χ0v) is 12.3. The van der Waals surface area contributed by atoms with Gasteiger partial charge in [0.05, 0.1) is 0 Å². The second-order valence-corrected chi connectivity index (χ2v) is 5.87. The molecule has 0 aromatic heterocycles. The molecular formula is C14H30N2O2. The Morgan fingerprint density at radius 2 is 1.89 bits per heavy atom. The molecule has 0 aromatic rings. The van der Waals surface area contributed by atoms with Gasteiger partial charge in [-0.25, -0.2) is 0 Å². The van der Waals surface area contributed by atoms with Gasteiger partial charge in [0, 0.05) is 19.1 Å². The highest BCUT2D eigenvalue weighted by Crippen LogP contribution is 2.15. The summed E-state index contributed by atoms with van der Waals surface area (Å²) in [5.41, 5.74) is 5.70. The predicted molar refractivity (Wildman–Crippen MR) is 75.1 cm³/mol. The van der Waals surface area contributed by atoms with Gasteiger partial charge in [0.1, 0.15) is 0 Å². The summed E-state index contributed by atoms with van der Waals surface area (Å²) in [5.74, 6) is 1.21. The number of hydrogen-bond donors (Lipinski definition) is 3. The average Bonchev–Trinajstić information content (AvgIpc) is 2.26. The van der Waals surface area contributed by atoms with Crippen LogP contribution in [0.3, 0.4) is 0 Å². The van der Waals surface area contributed by atoms with Crippen LogP contribution in [0.25, 0.3) is 0 Å². The van der Waals surface area contributed by atoms with Crippen LogP contribution >= 0.6 is 0 Å². The van der Waals surface area contributed by atoms with Gasteiger partial charge in [-0.05, 0) is 37.1 Å². The van der Waals surface area contributed by atoms with Crippen molar-refractivity contribution in [1.82, 2.24) is 5.32 Å². The number of rotatable bonds is 9. The second kappa shape index (κ2) is 9.34. The van der Waals surface area contributed by atoms with Crippen LogP contribution in [0.2, 0.25) is 0 Å². The van der Waals surface area contributed by atoms with E-state index in [1.807, 2.05) is 0 Å². The molecule has 0 saturated heterocycles. The van der Waals surface area contributed by atoms with Crippen molar-refractivity contribution in [2.24, 2.45) is 23.5 Å². The Hall–Kier alpha value is -0.610. The van der Waals surface area contributed by atoms with Crippen molar-refractivity contribution in [2.45, 2.75) is 53.0 Å². The van der Waals surface area contributed by atoms with Crippen LogP contribution in [0.15, 0.2) is 0 Å².